The van der Waals surface area contributed by atoms with Gasteiger partial charge in [-0.15, -0.1) is 0 Å². The van der Waals surface area contributed by atoms with Crippen molar-refractivity contribution in [3.05, 3.63) is 108 Å². The fourth-order valence-electron chi connectivity index (χ4n) is 3.10. The number of aromatic nitrogens is 2. The van der Waals surface area contributed by atoms with E-state index in [2.05, 4.69) is 10.3 Å². The van der Waals surface area contributed by atoms with Gasteiger partial charge in [0.05, 0.1) is 12.0 Å². The van der Waals surface area contributed by atoms with Crippen LogP contribution >= 0.6 is 0 Å². The van der Waals surface area contributed by atoms with Gasteiger partial charge in [0, 0.05) is 24.5 Å². The number of nitrogens with zero attached hydrogens (tertiary/aromatic N) is 2. The van der Waals surface area contributed by atoms with Gasteiger partial charge in [-0.05, 0) is 34.9 Å². The summed E-state index contributed by atoms with van der Waals surface area (Å²) >= 11 is 0. The summed E-state index contributed by atoms with van der Waals surface area (Å²) in [5, 5.41) is 2.88. The highest BCUT2D eigenvalue weighted by molar-refractivity contribution is 6.00. The fourth-order valence-corrected chi connectivity index (χ4v) is 3.10. The first-order valence-corrected chi connectivity index (χ1v) is 8.92. The minimum Gasteiger partial charge on any atom is -0.348 e. The summed E-state index contributed by atoms with van der Waals surface area (Å²) in [4.78, 5) is 16.7. The van der Waals surface area contributed by atoms with E-state index in [4.69, 9.17) is 0 Å². The first-order chi connectivity index (χ1) is 13.7. The maximum absolute atomic E-state index is 14.4. The molecule has 0 spiro atoms. The zero-order chi connectivity index (χ0) is 19.3. The third kappa shape index (κ3) is 3.69. The molecule has 0 unspecified atom stereocenters. The summed E-state index contributed by atoms with van der Waals surface area (Å²) in [5.74, 6) is -0.562. The summed E-state index contributed by atoms with van der Waals surface area (Å²) in [6.45, 7) is 0.239. The molecule has 4 rings (SSSR count). The highest BCUT2D eigenvalue weighted by Crippen LogP contribution is 2.23. The van der Waals surface area contributed by atoms with Crippen LogP contribution in [-0.2, 0) is 6.54 Å². The van der Waals surface area contributed by atoms with Gasteiger partial charge in [-0.3, -0.25) is 4.79 Å². The molecule has 1 heterocycles. The van der Waals surface area contributed by atoms with Crippen molar-refractivity contribution in [3.63, 3.8) is 0 Å². The lowest BCUT2D eigenvalue weighted by atomic mass is 9.99. The van der Waals surface area contributed by atoms with Crippen molar-refractivity contribution in [1.29, 1.82) is 0 Å². The van der Waals surface area contributed by atoms with Crippen LogP contribution in [0.25, 0.3) is 16.8 Å². The van der Waals surface area contributed by atoms with Gasteiger partial charge in [-0.25, -0.2) is 9.37 Å². The van der Waals surface area contributed by atoms with Gasteiger partial charge >= 0.3 is 0 Å². The Morgan fingerprint density at radius 2 is 1.79 bits per heavy atom. The Hall–Kier alpha value is -3.73. The molecule has 138 valence electrons. The second-order valence-corrected chi connectivity index (χ2v) is 6.35. The molecule has 4 nitrogen and oxygen atoms in total. The number of amides is 1. The van der Waals surface area contributed by atoms with Crippen molar-refractivity contribution in [2.75, 3.05) is 0 Å². The predicted molar refractivity (Wildman–Crippen MR) is 107 cm³/mol. The van der Waals surface area contributed by atoms with Crippen LogP contribution in [0.15, 0.2) is 91.5 Å². The average molecular weight is 371 g/mol. The molecule has 1 amide bonds. The van der Waals surface area contributed by atoms with E-state index < -0.39 is 0 Å². The van der Waals surface area contributed by atoms with Gasteiger partial charge in [0.2, 0.25) is 0 Å². The minimum atomic E-state index is -0.366. The van der Waals surface area contributed by atoms with Crippen LogP contribution < -0.4 is 5.32 Å². The van der Waals surface area contributed by atoms with Gasteiger partial charge < -0.3 is 9.88 Å². The second kappa shape index (κ2) is 7.88. The number of carbonyl (C=O) groups excluding carboxylic acids is 1. The first kappa shape index (κ1) is 17.7. The third-order valence-electron chi connectivity index (χ3n) is 4.50. The summed E-state index contributed by atoms with van der Waals surface area (Å²) in [6.07, 6.45) is 4.82. The van der Waals surface area contributed by atoms with E-state index in [-0.39, 0.29) is 18.3 Å². The van der Waals surface area contributed by atoms with Crippen LogP contribution in [0.3, 0.4) is 0 Å². The molecule has 0 aliphatic carbocycles. The van der Waals surface area contributed by atoms with Crippen LogP contribution in [0.1, 0.15) is 15.9 Å². The van der Waals surface area contributed by atoms with E-state index in [1.807, 2.05) is 48.5 Å². The number of rotatable bonds is 5. The van der Waals surface area contributed by atoms with E-state index >= 15 is 0 Å². The standard InChI is InChI=1S/C23H18FN3O/c24-21-14-17(10-11-22(21)27-13-12-25-16-27)15-26-23(28)20-9-5-4-8-19(20)18-6-2-1-3-7-18/h1-14,16H,15H2,(H,26,28). The smallest absolute Gasteiger partial charge is 0.252 e. The van der Waals surface area contributed by atoms with Crippen LogP contribution in [-0.4, -0.2) is 15.5 Å². The van der Waals surface area contributed by atoms with Gasteiger partial charge in [0.25, 0.3) is 5.91 Å². The highest BCUT2D eigenvalue weighted by atomic mass is 19.1. The Balaban J connectivity index is 1.51. The number of imidazole rings is 1. The molecule has 3 aromatic carbocycles. The maximum Gasteiger partial charge on any atom is 0.252 e. The fraction of sp³-hybridized carbons (Fsp3) is 0.0435. The quantitative estimate of drug-likeness (QED) is 0.557. The molecular formula is C23H18FN3O. The molecule has 0 aliphatic heterocycles. The molecule has 28 heavy (non-hydrogen) atoms. The van der Waals surface area contributed by atoms with Crippen molar-refractivity contribution < 1.29 is 9.18 Å². The van der Waals surface area contributed by atoms with Crippen molar-refractivity contribution >= 4 is 5.91 Å². The molecule has 0 radical (unpaired) electrons. The van der Waals surface area contributed by atoms with E-state index in [0.29, 0.717) is 16.8 Å². The molecule has 1 aromatic heterocycles. The second-order valence-electron chi connectivity index (χ2n) is 6.35. The molecule has 0 bridgehead atoms. The van der Waals surface area contributed by atoms with Gasteiger partial charge in [-0.2, -0.15) is 0 Å². The Morgan fingerprint density at radius 3 is 2.54 bits per heavy atom. The SMILES string of the molecule is O=C(NCc1ccc(-n2ccnc2)c(F)c1)c1ccccc1-c1ccccc1. The molecule has 0 saturated carbocycles. The van der Waals surface area contributed by atoms with Crippen LogP contribution in [0.5, 0.6) is 0 Å². The lowest BCUT2D eigenvalue weighted by Crippen LogP contribution is -2.23. The van der Waals surface area contributed by atoms with E-state index in [1.165, 1.54) is 6.07 Å². The average Bonchev–Trinajstić information content (AvgIpc) is 3.27. The number of carbonyl (C=O) groups is 1. The first-order valence-electron chi connectivity index (χ1n) is 8.92. The van der Waals surface area contributed by atoms with E-state index in [0.717, 1.165) is 11.1 Å². The number of benzene rings is 3. The topological polar surface area (TPSA) is 46.9 Å². The number of nitrogens with one attached hydrogen (secondary N) is 1. The number of hydrogen-bond acceptors (Lipinski definition) is 2. The summed E-state index contributed by atoms with van der Waals surface area (Å²) in [6, 6.07) is 22.1. The van der Waals surface area contributed by atoms with Gasteiger partial charge in [0.1, 0.15) is 5.82 Å². The molecule has 4 aromatic rings. The van der Waals surface area contributed by atoms with Crippen molar-refractivity contribution in [3.8, 4) is 16.8 Å². The summed E-state index contributed by atoms with van der Waals surface area (Å²) in [5.41, 5.74) is 3.53. The zero-order valence-corrected chi connectivity index (χ0v) is 15.0. The van der Waals surface area contributed by atoms with Crippen LogP contribution in [0.2, 0.25) is 0 Å². The monoisotopic (exact) mass is 371 g/mol. The summed E-state index contributed by atoms with van der Waals surface area (Å²) in [7, 11) is 0. The molecule has 0 fully saturated rings. The molecule has 0 aliphatic rings. The highest BCUT2D eigenvalue weighted by Gasteiger charge is 2.12. The van der Waals surface area contributed by atoms with Crippen LogP contribution in [0, 0.1) is 5.82 Å². The number of hydrogen-bond donors (Lipinski definition) is 1. The van der Waals surface area contributed by atoms with E-state index in [9.17, 15) is 9.18 Å². The molecule has 5 heteroatoms. The van der Waals surface area contributed by atoms with Crippen molar-refractivity contribution in [2.45, 2.75) is 6.54 Å². The van der Waals surface area contributed by atoms with Crippen molar-refractivity contribution in [1.82, 2.24) is 14.9 Å². The largest absolute Gasteiger partial charge is 0.348 e. The number of halogens is 1. The lowest BCUT2D eigenvalue weighted by molar-refractivity contribution is 0.0951. The molecule has 0 atom stereocenters. The molecule has 0 saturated heterocycles. The van der Waals surface area contributed by atoms with E-state index in [1.54, 1.807) is 41.5 Å². The molecular weight excluding hydrogens is 353 g/mol. The summed E-state index contributed by atoms with van der Waals surface area (Å²) < 4.78 is 16.0. The third-order valence-corrected chi connectivity index (χ3v) is 4.50. The van der Waals surface area contributed by atoms with Gasteiger partial charge in [-0.1, -0.05) is 54.6 Å². The minimum absolute atomic E-state index is 0.196. The van der Waals surface area contributed by atoms with Crippen LogP contribution in [0.4, 0.5) is 4.39 Å². The maximum atomic E-state index is 14.4. The Kier molecular flexibility index (Phi) is 4.97. The predicted octanol–water partition coefficient (Wildman–Crippen LogP) is 4.61. The Bertz CT molecular complexity index is 1090. The molecule has 1 N–H and O–H groups in total. The Labute approximate surface area is 162 Å². The Morgan fingerprint density at radius 1 is 1.00 bits per heavy atom. The lowest BCUT2D eigenvalue weighted by Gasteiger charge is -2.11. The zero-order valence-electron chi connectivity index (χ0n) is 15.0. The normalized spacial score (nSPS) is 10.6. The van der Waals surface area contributed by atoms with Crippen molar-refractivity contribution in [2.24, 2.45) is 0 Å². The van der Waals surface area contributed by atoms with Gasteiger partial charge in [0.15, 0.2) is 0 Å².